The van der Waals surface area contributed by atoms with Crippen molar-refractivity contribution in [1.82, 2.24) is 14.9 Å². The highest BCUT2D eigenvalue weighted by molar-refractivity contribution is 5.90. The number of nitrogens with zero attached hydrogens (tertiary/aromatic N) is 4. The van der Waals surface area contributed by atoms with Crippen LogP contribution in [0.5, 0.6) is 0 Å². The average Bonchev–Trinajstić information content (AvgIpc) is 3.02. The summed E-state index contributed by atoms with van der Waals surface area (Å²) in [5, 5.41) is 21.1. The van der Waals surface area contributed by atoms with E-state index in [4.69, 9.17) is 14.6 Å². The minimum absolute atomic E-state index is 0.0113. The topological polar surface area (TPSA) is 137 Å². The Morgan fingerprint density at radius 2 is 1.60 bits per heavy atom. The van der Waals surface area contributed by atoms with E-state index >= 15 is 0 Å². The number of carbonyl (C=O) groups excluding carboxylic acids is 1. The number of aliphatic hydroxyl groups is 1. The molecule has 2 fully saturated rings. The molecular weight excluding hydrogens is 538 g/mol. The van der Waals surface area contributed by atoms with Crippen LogP contribution in [0.25, 0.3) is 0 Å². The quantitative estimate of drug-likeness (QED) is 0.311. The molecule has 1 amide bonds. The fourth-order valence-electron chi connectivity index (χ4n) is 5.25. The Morgan fingerprint density at radius 1 is 0.905 bits per heavy atom. The molecule has 5 rings (SSSR count). The number of anilines is 2. The van der Waals surface area contributed by atoms with Gasteiger partial charge >= 0.3 is 5.97 Å². The molecule has 0 unspecified atom stereocenters. The molecule has 3 aromatic rings. The lowest BCUT2D eigenvalue weighted by Gasteiger charge is -2.40. The Morgan fingerprint density at radius 3 is 2.26 bits per heavy atom. The van der Waals surface area contributed by atoms with Crippen LogP contribution >= 0.6 is 0 Å². The monoisotopic (exact) mass is 575 g/mol. The van der Waals surface area contributed by atoms with Crippen LogP contribution in [0.4, 0.5) is 11.6 Å². The second-order valence-corrected chi connectivity index (χ2v) is 10.6. The third-order valence-corrected chi connectivity index (χ3v) is 7.55. The SMILES string of the molecule is O=C(O)CCCC(=O)Nc1ccc([C@@H]2O[C@H](CN3CCN(c4ncccn4)CC3)C[C@H](c3ccc(CO)cc3)O2)cc1. The van der Waals surface area contributed by atoms with Crippen LogP contribution in [-0.4, -0.2) is 75.8 Å². The molecule has 3 atom stereocenters. The van der Waals surface area contributed by atoms with Crippen molar-refractivity contribution in [2.24, 2.45) is 0 Å². The summed E-state index contributed by atoms with van der Waals surface area (Å²) < 4.78 is 12.9. The molecule has 42 heavy (non-hydrogen) atoms. The van der Waals surface area contributed by atoms with Crippen molar-refractivity contribution in [3.8, 4) is 0 Å². The van der Waals surface area contributed by atoms with Gasteiger partial charge < -0.3 is 29.9 Å². The number of benzene rings is 2. The van der Waals surface area contributed by atoms with Crippen molar-refractivity contribution < 1.29 is 29.3 Å². The minimum Gasteiger partial charge on any atom is -0.481 e. The van der Waals surface area contributed by atoms with Crippen LogP contribution in [0.1, 0.15) is 54.8 Å². The van der Waals surface area contributed by atoms with Crippen molar-refractivity contribution in [3.05, 3.63) is 83.7 Å². The normalized spacial score (nSPS) is 21.2. The smallest absolute Gasteiger partial charge is 0.303 e. The highest BCUT2D eigenvalue weighted by Crippen LogP contribution is 2.38. The molecule has 2 aromatic carbocycles. The number of carboxylic acids is 1. The zero-order valence-corrected chi connectivity index (χ0v) is 23.5. The summed E-state index contributed by atoms with van der Waals surface area (Å²) in [6.07, 6.45) is 3.78. The molecule has 222 valence electrons. The molecule has 3 heterocycles. The lowest BCUT2D eigenvalue weighted by Crippen LogP contribution is -2.50. The summed E-state index contributed by atoms with van der Waals surface area (Å²) in [5.41, 5.74) is 3.34. The molecule has 2 saturated heterocycles. The number of piperazine rings is 1. The third kappa shape index (κ3) is 8.10. The largest absolute Gasteiger partial charge is 0.481 e. The number of ether oxygens (including phenoxy) is 2. The van der Waals surface area contributed by atoms with Gasteiger partial charge in [0.15, 0.2) is 6.29 Å². The van der Waals surface area contributed by atoms with Gasteiger partial charge in [-0.05, 0) is 35.7 Å². The Balaban J connectivity index is 1.23. The third-order valence-electron chi connectivity index (χ3n) is 7.55. The summed E-state index contributed by atoms with van der Waals surface area (Å²) >= 11 is 0. The number of aliphatic carboxylic acids is 1. The number of aliphatic hydroxyl groups excluding tert-OH is 1. The van der Waals surface area contributed by atoms with Gasteiger partial charge in [0.2, 0.25) is 11.9 Å². The van der Waals surface area contributed by atoms with E-state index in [1.165, 1.54) is 0 Å². The van der Waals surface area contributed by atoms with E-state index in [0.717, 1.165) is 55.4 Å². The second kappa shape index (κ2) is 14.3. The van der Waals surface area contributed by atoms with Crippen molar-refractivity contribution in [1.29, 1.82) is 0 Å². The average molecular weight is 576 g/mol. The first-order valence-electron chi connectivity index (χ1n) is 14.3. The van der Waals surface area contributed by atoms with Gasteiger partial charge in [0.05, 0.1) is 18.8 Å². The van der Waals surface area contributed by atoms with Crippen LogP contribution in [-0.2, 0) is 25.7 Å². The maximum atomic E-state index is 12.2. The van der Waals surface area contributed by atoms with Gasteiger partial charge in [-0.25, -0.2) is 9.97 Å². The maximum Gasteiger partial charge on any atom is 0.303 e. The second-order valence-electron chi connectivity index (χ2n) is 10.6. The first kappa shape index (κ1) is 29.6. The molecule has 0 radical (unpaired) electrons. The number of hydrogen-bond acceptors (Lipinski definition) is 9. The number of rotatable bonds is 11. The molecule has 2 aliphatic rings. The van der Waals surface area contributed by atoms with E-state index in [2.05, 4.69) is 25.1 Å². The fraction of sp³-hybridized carbons (Fsp3) is 0.419. The minimum atomic E-state index is -0.912. The molecule has 11 nitrogen and oxygen atoms in total. The maximum absolute atomic E-state index is 12.2. The summed E-state index contributed by atoms with van der Waals surface area (Å²) in [7, 11) is 0. The molecule has 0 bridgehead atoms. The van der Waals surface area contributed by atoms with Gasteiger partial charge in [-0.2, -0.15) is 0 Å². The zero-order chi connectivity index (χ0) is 29.3. The Hall–Kier alpha value is -3.90. The first-order valence-corrected chi connectivity index (χ1v) is 14.3. The first-order chi connectivity index (χ1) is 20.5. The highest BCUT2D eigenvalue weighted by Gasteiger charge is 2.34. The van der Waals surface area contributed by atoms with E-state index < -0.39 is 12.3 Å². The van der Waals surface area contributed by atoms with Gasteiger partial charge in [-0.1, -0.05) is 36.4 Å². The predicted molar refractivity (Wildman–Crippen MR) is 156 cm³/mol. The Kier molecular flexibility index (Phi) is 10.1. The number of aromatic nitrogens is 2. The molecule has 0 aliphatic carbocycles. The molecule has 1 aromatic heterocycles. The molecule has 0 spiro atoms. The molecule has 0 saturated carbocycles. The van der Waals surface area contributed by atoms with Crippen molar-refractivity contribution in [2.45, 2.75) is 50.8 Å². The van der Waals surface area contributed by atoms with Gasteiger partial charge in [0.25, 0.3) is 0 Å². The number of hydrogen-bond donors (Lipinski definition) is 3. The molecule has 3 N–H and O–H groups in total. The fourth-order valence-corrected chi connectivity index (χ4v) is 5.25. The van der Waals surface area contributed by atoms with Gasteiger partial charge in [-0.15, -0.1) is 0 Å². The lowest BCUT2D eigenvalue weighted by atomic mass is 9.99. The van der Waals surface area contributed by atoms with Crippen LogP contribution in [0.3, 0.4) is 0 Å². The van der Waals surface area contributed by atoms with Gasteiger partial charge in [-0.3, -0.25) is 14.5 Å². The van der Waals surface area contributed by atoms with Crippen LogP contribution in [0.15, 0.2) is 67.0 Å². The van der Waals surface area contributed by atoms with E-state index in [9.17, 15) is 14.7 Å². The molecule has 2 aliphatic heterocycles. The lowest BCUT2D eigenvalue weighted by molar-refractivity contribution is -0.253. The highest BCUT2D eigenvalue weighted by atomic mass is 16.7. The van der Waals surface area contributed by atoms with Crippen molar-refractivity contribution in [2.75, 3.05) is 42.9 Å². The molecule has 11 heteroatoms. The predicted octanol–water partition coefficient (Wildman–Crippen LogP) is 3.53. The Bertz CT molecular complexity index is 1300. The summed E-state index contributed by atoms with van der Waals surface area (Å²) in [5.74, 6) is -0.380. The van der Waals surface area contributed by atoms with Crippen LogP contribution < -0.4 is 10.2 Å². The standard InChI is InChI=1S/C31H37N5O6/c37-21-22-5-7-23(8-6-22)27-19-26(20-35-15-17-36(18-16-35)31-32-13-2-14-33-31)41-30(42-27)24-9-11-25(12-10-24)34-28(38)3-1-4-29(39)40/h2,5-14,26-27,30,37H,1,3-4,15-21H2,(H,34,38)(H,39,40)/t26-,27+,30+/m0/s1. The van der Waals surface area contributed by atoms with Gasteiger partial charge in [0, 0.05) is 75.6 Å². The number of carbonyl (C=O) groups is 2. The summed E-state index contributed by atoms with van der Waals surface area (Å²) in [6.45, 7) is 4.18. The van der Waals surface area contributed by atoms with E-state index in [1.54, 1.807) is 24.5 Å². The van der Waals surface area contributed by atoms with Crippen LogP contribution in [0.2, 0.25) is 0 Å². The van der Waals surface area contributed by atoms with Crippen LogP contribution in [0, 0.1) is 0 Å². The van der Waals surface area contributed by atoms with E-state index in [0.29, 0.717) is 18.5 Å². The van der Waals surface area contributed by atoms with Crippen molar-refractivity contribution in [3.63, 3.8) is 0 Å². The molecular formula is C31H37N5O6. The number of carboxylic acid groups (broad SMARTS) is 1. The summed E-state index contributed by atoms with van der Waals surface area (Å²) in [4.78, 5) is 36.2. The van der Waals surface area contributed by atoms with Gasteiger partial charge in [0.1, 0.15) is 0 Å². The van der Waals surface area contributed by atoms with E-state index in [1.807, 2.05) is 42.5 Å². The van der Waals surface area contributed by atoms with Crippen molar-refractivity contribution >= 4 is 23.5 Å². The number of nitrogens with one attached hydrogen (secondary N) is 1. The number of amides is 1. The Labute approximate surface area is 245 Å². The summed E-state index contributed by atoms with van der Waals surface area (Å²) in [6, 6.07) is 17.0. The zero-order valence-electron chi connectivity index (χ0n) is 23.5. The van der Waals surface area contributed by atoms with E-state index in [-0.39, 0.29) is 37.6 Å².